The first-order valence-electron chi connectivity index (χ1n) is 13.1. The number of benzene rings is 1. The van der Waals surface area contributed by atoms with Crippen LogP contribution in [-0.2, 0) is 11.2 Å². The van der Waals surface area contributed by atoms with Gasteiger partial charge in [-0.15, -0.1) is 0 Å². The van der Waals surface area contributed by atoms with Crippen LogP contribution in [0.25, 0.3) is 0 Å². The van der Waals surface area contributed by atoms with E-state index in [0.29, 0.717) is 12.5 Å². The quantitative estimate of drug-likeness (QED) is 0.236. The predicted molar refractivity (Wildman–Crippen MR) is 148 cm³/mol. The van der Waals surface area contributed by atoms with E-state index in [1.54, 1.807) is 0 Å². The number of allylic oxidation sites excluding steroid dienone is 7. The molecule has 1 aliphatic carbocycles. The Morgan fingerprint density at radius 3 is 2.21 bits per heavy atom. The third-order valence-electron chi connectivity index (χ3n) is 5.73. The maximum absolute atomic E-state index is 13.4. The zero-order valence-corrected chi connectivity index (χ0v) is 23.5. The van der Waals surface area contributed by atoms with Gasteiger partial charge < -0.3 is 5.32 Å². The van der Waals surface area contributed by atoms with Gasteiger partial charge in [0, 0.05) is 36.9 Å². The van der Waals surface area contributed by atoms with Crippen molar-refractivity contribution < 1.29 is 26.7 Å². The van der Waals surface area contributed by atoms with Crippen molar-refractivity contribution in [3.63, 3.8) is 0 Å². The molecule has 1 aromatic rings. The minimum atomic E-state index is -3.95. The summed E-state index contributed by atoms with van der Waals surface area (Å²) in [5, 5.41) is 3.26. The minimum absolute atomic E-state index is 0.00517. The second-order valence-corrected chi connectivity index (χ2v) is 9.87. The smallest absolute Gasteiger partial charge is 0.311 e. The van der Waals surface area contributed by atoms with E-state index in [1.807, 2.05) is 56.3 Å². The molecule has 1 N–H and O–H groups in total. The average molecular weight is 542 g/mol. The highest BCUT2D eigenvalue weighted by Gasteiger charge is 2.31. The highest BCUT2D eigenvalue weighted by molar-refractivity contribution is 5.84. The number of hydrogen-bond donors (Lipinski definition) is 1. The number of hydrogen-bond acceptors (Lipinski definition) is 2. The summed E-state index contributed by atoms with van der Waals surface area (Å²) < 4.78 is 60.0. The van der Waals surface area contributed by atoms with E-state index in [1.165, 1.54) is 19.9 Å². The van der Waals surface area contributed by atoms with Crippen LogP contribution < -0.4 is 5.32 Å². The number of rotatable bonds is 10. The second kappa shape index (κ2) is 18.7. The van der Waals surface area contributed by atoms with Crippen LogP contribution in [0.3, 0.4) is 0 Å². The molecule has 7 heteroatoms. The first-order chi connectivity index (χ1) is 17.7. The molecule has 0 saturated carbocycles. The lowest BCUT2D eigenvalue weighted by molar-refractivity contribution is -0.134. The van der Waals surface area contributed by atoms with Crippen molar-refractivity contribution in [2.45, 2.75) is 85.9 Å². The van der Waals surface area contributed by atoms with Crippen molar-refractivity contribution >= 4 is 5.78 Å². The zero-order valence-electron chi connectivity index (χ0n) is 23.5. The van der Waals surface area contributed by atoms with Crippen LogP contribution in [-0.4, -0.2) is 24.5 Å². The van der Waals surface area contributed by atoms with E-state index < -0.39 is 29.7 Å². The van der Waals surface area contributed by atoms with Crippen molar-refractivity contribution in [2.24, 2.45) is 11.3 Å². The molecule has 0 fully saturated rings. The van der Waals surface area contributed by atoms with E-state index >= 15 is 0 Å². The van der Waals surface area contributed by atoms with Gasteiger partial charge in [0.05, 0.1) is 0 Å². The number of carbonyl (C=O) groups is 1. The molecule has 0 spiro atoms. The highest BCUT2D eigenvalue weighted by Crippen LogP contribution is 2.36. The highest BCUT2D eigenvalue weighted by atomic mass is 19.4. The number of alkyl halides is 3. The normalized spacial score (nSPS) is 17.2. The summed E-state index contributed by atoms with van der Waals surface area (Å²) in [5.74, 6) is -1.31. The third kappa shape index (κ3) is 17.8. The Balaban J connectivity index is 0.000000750. The van der Waals surface area contributed by atoms with Crippen LogP contribution in [0.5, 0.6) is 0 Å². The van der Waals surface area contributed by atoms with Gasteiger partial charge in [-0.2, -0.15) is 13.2 Å². The molecule has 0 heterocycles. The molecule has 0 saturated heterocycles. The Bertz CT molecular complexity index is 916. The van der Waals surface area contributed by atoms with Gasteiger partial charge in [-0.1, -0.05) is 75.4 Å². The van der Waals surface area contributed by atoms with Crippen molar-refractivity contribution in [3.05, 3.63) is 84.0 Å². The van der Waals surface area contributed by atoms with Gasteiger partial charge in [0.2, 0.25) is 0 Å². The van der Waals surface area contributed by atoms with Crippen LogP contribution in [0.1, 0.15) is 72.8 Å². The molecule has 0 aliphatic heterocycles. The van der Waals surface area contributed by atoms with E-state index in [0.717, 1.165) is 24.6 Å². The molecule has 214 valence electrons. The minimum Gasteiger partial charge on any atom is -0.311 e. The molecule has 2 rings (SSSR count). The van der Waals surface area contributed by atoms with E-state index in [4.69, 9.17) is 0 Å². The monoisotopic (exact) mass is 541 g/mol. The summed E-state index contributed by atoms with van der Waals surface area (Å²) in [5.41, 5.74) is 0.445. The fourth-order valence-electron chi connectivity index (χ4n) is 3.57. The molecular formula is C31H44F5NO. The van der Waals surface area contributed by atoms with Crippen molar-refractivity contribution in [1.82, 2.24) is 5.32 Å². The SMILES string of the molecule is C/C=C/CNC(C)C.CC(=O)C(C)(/C=C/Cc1ccccc1)CC1C=C(F)C=C(F)C1.CCCC(F)(F)F. The van der Waals surface area contributed by atoms with Crippen LogP contribution in [0.15, 0.2) is 78.4 Å². The maximum Gasteiger partial charge on any atom is 0.389 e. The van der Waals surface area contributed by atoms with Crippen molar-refractivity contribution in [1.29, 1.82) is 0 Å². The Labute approximate surface area is 225 Å². The van der Waals surface area contributed by atoms with Crippen molar-refractivity contribution in [2.75, 3.05) is 6.54 Å². The summed E-state index contributed by atoms with van der Waals surface area (Å²) in [6.07, 6.45) is 7.19. The maximum atomic E-state index is 13.4. The van der Waals surface area contributed by atoms with Gasteiger partial charge in [-0.3, -0.25) is 4.79 Å². The molecule has 0 radical (unpaired) electrons. The summed E-state index contributed by atoms with van der Waals surface area (Å²) in [6, 6.07) is 10.5. The molecule has 2 unspecified atom stereocenters. The Morgan fingerprint density at radius 1 is 1.13 bits per heavy atom. The fourth-order valence-corrected chi connectivity index (χ4v) is 3.57. The van der Waals surface area contributed by atoms with Crippen LogP contribution in [0, 0.1) is 11.3 Å². The number of carbonyl (C=O) groups excluding carboxylic acids is 1. The standard InChI is InChI=1S/C20H22F2O.C7H15N.C4H7F3/c1-15(23)20(2,10-6-9-16-7-4-3-5-8-16)14-17-11-18(21)13-19(22)12-17;1-4-5-6-8-7(2)3;1-2-3-4(5,6)7/h3-8,10-11,13,17H,9,12,14H2,1-2H3;4-5,7-8H,6H2,1-3H3;2-3H2,1H3/b10-6+;5-4+;. The second-order valence-electron chi connectivity index (χ2n) is 9.87. The fraction of sp³-hybridized carbons (Fsp3) is 0.516. The lowest BCUT2D eigenvalue weighted by Gasteiger charge is -2.28. The average Bonchev–Trinajstić information content (AvgIpc) is 2.79. The van der Waals surface area contributed by atoms with Gasteiger partial charge in [0.25, 0.3) is 0 Å². The van der Waals surface area contributed by atoms with Gasteiger partial charge >= 0.3 is 6.18 Å². The molecule has 0 bridgehead atoms. The van der Waals surface area contributed by atoms with E-state index in [2.05, 4.69) is 31.3 Å². The van der Waals surface area contributed by atoms with Gasteiger partial charge in [-0.05, 0) is 57.6 Å². The summed E-state index contributed by atoms with van der Waals surface area (Å²) in [6.45, 7) is 12.2. The van der Waals surface area contributed by atoms with Crippen LogP contribution in [0.4, 0.5) is 22.0 Å². The Morgan fingerprint density at radius 2 is 1.76 bits per heavy atom. The number of ketones is 1. The Kier molecular flexibility index (Phi) is 17.4. The number of halogens is 5. The lowest BCUT2D eigenvalue weighted by Crippen LogP contribution is -2.26. The number of nitrogens with one attached hydrogen (secondary N) is 1. The Hall–Kier alpha value is -2.54. The summed E-state index contributed by atoms with van der Waals surface area (Å²) in [4.78, 5) is 12.1. The lowest BCUT2D eigenvalue weighted by atomic mass is 9.75. The van der Waals surface area contributed by atoms with Gasteiger partial charge in [0.1, 0.15) is 17.4 Å². The first-order valence-corrected chi connectivity index (χ1v) is 13.1. The number of Topliss-reactive ketones (excluding diaryl/α,β-unsaturated/α-hetero) is 1. The van der Waals surface area contributed by atoms with E-state index in [9.17, 15) is 26.7 Å². The molecule has 2 atom stereocenters. The third-order valence-corrected chi connectivity index (χ3v) is 5.73. The molecule has 1 aliphatic rings. The van der Waals surface area contributed by atoms with Gasteiger partial charge in [0.15, 0.2) is 0 Å². The molecule has 2 nitrogen and oxygen atoms in total. The molecule has 0 amide bonds. The molecule has 0 aromatic heterocycles. The first kappa shape index (κ1) is 35.5. The predicted octanol–water partition coefficient (Wildman–Crippen LogP) is 9.41. The van der Waals surface area contributed by atoms with Gasteiger partial charge in [-0.25, -0.2) is 8.78 Å². The summed E-state index contributed by atoms with van der Waals surface area (Å²) in [7, 11) is 0. The van der Waals surface area contributed by atoms with Crippen LogP contribution in [0.2, 0.25) is 0 Å². The molecular weight excluding hydrogens is 497 g/mol. The van der Waals surface area contributed by atoms with Crippen molar-refractivity contribution in [3.8, 4) is 0 Å². The largest absolute Gasteiger partial charge is 0.389 e. The zero-order chi connectivity index (χ0) is 29.2. The topological polar surface area (TPSA) is 29.1 Å². The molecule has 1 aromatic carbocycles. The summed E-state index contributed by atoms with van der Waals surface area (Å²) >= 11 is 0. The van der Waals surface area contributed by atoms with E-state index in [-0.39, 0.29) is 24.5 Å². The molecule has 38 heavy (non-hydrogen) atoms. The van der Waals surface area contributed by atoms with Crippen LogP contribution >= 0.6 is 0 Å².